The second-order valence-electron chi connectivity index (χ2n) is 4.26. The molecule has 1 aromatic rings. The number of nitrogens with one attached hydrogen (secondary N) is 2. The van der Waals surface area contributed by atoms with Gasteiger partial charge in [0.25, 0.3) is 0 Å². The molecular formula is C13H17ClN2O3. The quantitative estimate of drug-likeness (QED) is 0.777. The number of rotatable bonds is 5. The van der Waals surface area contributed by atoms with Crippen LogP contribution in [0.2, 0.25) is 5.02 Å². The summed E-state index contributed by atoms with van der Waals surface area (Å²) >= 11 is 5.94. The van der Waals surface area contributed by atoms with E-state index < -0.39 is 18.0 Å². The Balaban J connectivity index is 2.68. The lowest BCUT2D eigenvalue weighted by atomic mass is 10.2. The number of hydrogen-bond donors (Lipinski definition) is 3. The Bertz CT molecular complexity index is 477. The highest BCUT2D eigenvalue weighted by Crippen LogP contribution is 2.22. The van der Waals surface area contributed by atoms with Gasteiger partial charge >= 0.3 is 12.0 Å². The van der Waals surface area contributed by atoms with Gasteiger partial charge in [-0.2, -0.15) is 0 Å². The number of urea groups is 1. The maximum atomic E-state index is 11.7. The number of carboxylic acid groups (broad SMARTS) is 1. The van der Waals surface area contributed by atoms with Crippen LogP contribution < -0.4 is 10.6 Å². The van der Waals surface area contributed by atoms with Crippen LogP contribution in [0.3, 0.4) is 0 Å². The Kier molecular flexibility index (Phi) is 5.63. The zero-order valence-electron chi connectivity index (χ0n) is 10.9. The molecule has 0 radical (unpaired) electrons. The number of aliphatic carboxylic acids is 1. The van der Waals surface area contributed by atoms with Crippen LogP contribution in [0.4, 0.5) is 10.5 Å². The number of benzene rings is 1. The molecule has 0 aliphatic heterocycles. The van der Waals surface area contributed by atoms with Gasteiger partial charge in [0.05, 0.1) is 10.7 Å². The number of carbonyl (C=O) groups is 2. The molecule has 0 unspecified atom stereocenters. The van der Waals surface area contributed by atoms with E-state index in [1.54, 1.807) is 12.1 Å². The van der Waals surface area contributed by atoms with Crippen molar-refractivity contribution in [1.82, 2.24) is 5.32 Å². The monoisotopic (exact) mass is 284 g/mol. The zero-order valence-corrected chi connectivity index (χ0v) is 11.6. The van der Waals surface area contributed by atoms with Crippen molar-refractivity contribution in [2.45, 2.75) is 32.7 Å². The second kappa shape index (κ2) is 6.99. The third-order valence-corrected chi connectivity index (χ3v) is 2.88. The third-order valence-electron chi connectivity index (χ3n) is 2.55. The van der Waals surface area contributed by atoms with Crippen LogP contribution in [-0.4, -0.2) is 23.1 Å². The first-order valence-electron chi connectivity index (χ1n) is 6.00. The topological polar surface area (TPSA) is 78.4 Å². The number of carboxylic acids is 1. The van der Waals surface area contributed by atoms with Crippen molar-refractivity contribution >= 4 is 29.3 Å². The maximum Gasteiger partial charge on any atom is 0.326 e. The Morgan fingerprint density at radius 1 is 1.42 bits per heavy atom. The van der Waals surface area contributed by atoms with Crippen LogP contribution in [0, 0.1) is 6.92 Å². The lowest BCUT2D eigenvalue weighted by Crippen LogP contribution is -2.42. The van der Waals surface area contributed by atoms with Crippen molar-refractivity contribution in [3.05, 3.63) is 28.8 Å². The first-order chi connectivity index (χ1) is 8.93. The van der Waals surface area contributed by atoms with Crippen LogP contribution in [0.5, 0.6) is 0 Å². The van der Waals surface area contributed by atoms with Gasteiger partial charge < -0.3 is 15.7 Å². The fraction of sp³-hybridized carbons (Fsp3) is 0.385. The average molecular weight is 285 g/mol. The molecule has 0 bridgehead atoms. The fourth-order valence-electron chi connectivity index (χ4n) is 1.60. The van der Waals surface area contributed by atoms with E-state index in [-0.39, 0.29) is 0 Å². The van der Waals surface area contributed by atoms with Gasteiger partial charge in [-0.05, 0) is 31.0 Å². The van der Waals surface area contributed by atoms with Gasteiger partial charge in [0.2, 0.25) is 0 Å². The highest BCUT2D eigenvalue weighted by Gasteiger charge is 2.19. The number of amides is 2. The summed E-state index contributed by atoms with van der Waals surface area (Å²) in [4.78, 5) is 22.7. The van der Waals surface area contributed by atoms with Crippen molar-refractivity contribution in [1.29, 1.82) is 0 Å². The highest BCUT2D eigenvalue weighted by atomic mass is 35.5. The Labute approximate surface area is 117 Å². The predicted octanol–water partition coefficient (Wildman–Crippen LogP) is 3.02. The van der Waals surface area contributed by atoms with Gasteiger partial charge in [-0.1, -0.05) is 31.0 Å². The first-order valence-corrected chi connectivity index (χ1v) is 6.38. The van der Waals surface area contributed by atoms with Gasteiger partial charge in [-0.15, -0.1) is 0 Å². The molecule has 1 rings (SSSR count). The minimum Gasteiger partial charge on any atom is -0.480 e. The molecule has 0 fully saturated rings. The number of aryl methyl sites for hydroxylation is 1. The number of anilines is 1. The van der Waals surface area contributed by atoms with Crippen molar-refractivity contribution in [2.24, 2.45) is 0 Å². The number of halogens is 1. The third kappa shape index (κ3) is 4.79. The van der Waals surface area contributed by atoms with Crippen molar-refractivity contribution in [2.75, 3.05) is 5.32 Å². The second-order valence-corrected chi connectivity index (χ2v) is 4.67. The molecule has 0 aliphatic carbocycles. The van der Waals surface area contributed by atoms with Gasteiger partial charge in [0, 0.05) is 0 Å². The largest absolute Gasteiger partial charge is 0.480 e. The lowest BCUT2D eigenvalue weighted by Gasteiger charge is -2.15. The molecule has 2 amide bonds. The summed E-state index contributed by atoms with van der Waals surface area (Å²) in [6, 6.07) is 3.75. The molecule has 1 atom stereocenters. The van der Waals surface area contributed by atoms with E-state index in [0.717, 1.165) is 5.56 Å². The van der Waals surface area contributed by atoms with Gasteiger partial charge in [-0.3, -0.25) is 0 Å². The molecule has 104 valence electrons. The summed E-state index contributed by atoms with van der Waals surface area (Å²) in [6.45, 7) is 3.73. The van der Waals surface area contributed by atoms with E-state index in [9.17, 15) is 9.59 Å². The molecule has 6 heteroatoms. The SMILES string of the molecule is CCC[C@@H](NC(=O)Nc1cc(C)ccc1Cl)C(=O)O. The summed E-state index contributed by atoms with van der Waals surface area (Å²) in [7, 11) is 0. The normalized spacial score (nSPS) is 11.7. The molecule has 0 aromatic heterocycles. The molecule has 1 aromatic carbocycles. The van der Waals surface area contributed by atoms with Crippen molar-refractivity contribution in [3.8, 4) is 0 Å². The number of carbonyl (C=O) groups excluding carboxylic acids is 1. The highest BCUT2D eigenvalue weighted by molar-refractivity contribution is 6.33. The molecule has 0 spiro atoms. The summed E-state index contributed by atoms with van der Waals surface area (Å²) in [5.74, 6) is -1.05. The first kappa shape index (κ1) is 15.3. The van der Waals surface area contributed by atoms with E-state index in [0.29, 0.717) is 23.6 Å². The van der Waals surface area contributed by atoms with Crippen LogP contribution in [0.15, 0.2) is 18.2 Å². The van der Waals surface area contributed by atoms with Crippen molar-refractivity contribution < 1.29 is 14.7 Å². The predicted molar refractivity (Wildman–Crippen MR) is 74.7 cm³/mol. The van der Waals surface area contributed by atoms with E-state index in [1.165, 1.54) is 0 Å². The fourth-order valence-corrected chi connectivity index (χ4v) is 1.76. The molecule has 0 heterocycles. The summed E-state index contributed by atoms with van der Waals surface area (Å²) in [6.07, 6.45) is 1.05. The summed E-state index contributed by atoms with van der Waals surface area (Å²) in [5, 5.41) is 14.3. The van der Waals surface area contributed by atoms with Gasteiger partial charge in [0.1, 0.15) is 6.04 Å². The van der Waals surface area contributed by atoms with E-state index in [1.807, 2.05) is 19.9 Å². The minimum absolute atomic E-state index is 0.379. The molecule has 3 N–H and O–H groups in total. The molecule has 5 nitrogen and oxygen atoms in total. The van der Waals surface area contributed by atoms with Crippen LogP contribution >= 0.6 is 11.6 Å². The molecule has 0 saturated carbocycles. The van der Waals surface area contributed by atoms with Gasteiger partial charge in [0.15, 0.2) is 0 Å². The van der Waals surface area contributed by atoms with Crippen LogP contribution in [-0.2, 0) is 4.79 Å². The van der Waals surface area contributed by atoms with Gasteiger partial charge in [-0.25, -0.2) is 9.59 Å². The standard InChI is InChI=1S/C13H17ClN2O3/c1-3-4-10(12(17)18)15-13(19)16-11-7-8(2)5-6-9(11)14/h5-7,10H,3-4H2,1-2H3,(H,17,18)(H2,15,16,19)/t10-/m1/s1. The van der Waals surface area contributed by atoms with E-state index in [2.05, 4.69) is 10.6 Å². The smallest absolute Gasteiger partial charge is 0.326 e. The Morgan fingerprint density at radius 2 is 2.11 bits per heavy atom. The Hall–Kier alpha value is -1.75. The number of hydrogen-bond acceptors (Lipinski definition) is 2. The summed E-state index contributed by atoms with van der Waals surface area (Å²) in [5.41, 5.74) is 1.41. The minimum atomic E-state index is -1.05. The van der Waals surface area contributed by atoms with E-state index in [4.69, 9.17) is 16.7 Å². The van der Waals surface area contributed by atoms with E-state index >= 15 is 0 Å². The maximum absolute atomic E-state index is 11.7. The average Bonchev–Trinajstić information content (AvgIpc) is 2.33. The molecule has 0 saturated heterocycles. The summed E-state index contributed by atoms with van der Waals surface area (Å²) < 4.78 is 0. The van der Waals surface area contributed by atoms with Crippen LogP contribution in [0.25, 0.3) is 0 Å². The van der Waals surface area contributed by atoms with Crippen molar-refractivity contribution in [3.63, 3.8) is 0 Å². The molecular weight excluding hydrogens is 268 g/mol. The Morgan fingerprint density at radius 3 is 2.68 bits per heavy atom. The molecule has 0 aliphatic rings. The van der Waals surface area contributed by atoms with Crippen LogP contribution in [0.1, 0.15) is 25.3 Å². The lowest BCUT2D eigenvalue weighted by molar-refractivity contribution is -0.139. The zero-order chi connectivity index (χ0) is 14.4. The molecule has 19 heavy (non-hydrogen) atoms.